The van der Waals surface area contributed by atoms with E-state index in [1.165, 1.54) is 6.42 Å². The SMILES string of the molecule is C[C@@H]1CC(C)(C)C[C@](C)(NC(=O)N2CC(F)C2)C1. The number of hydrogen-bond acceptors (Lipinski definition) is 1. The average Bonchev–Trinajstić information content (AvgIpc) is 2.07. The van der Waals surface area contributed by atoms with Crippen molar-refractivity contribution in [1.82, 2.24) is 10.2 Å². The van der Waals surface area contributed by atoms with Crippen molar-refractivity contribution in [2.75, 3.05) is 13.1 Å². The summed E-state index contributed by atoms with van der Waals surface area (Å²) in [5.41, 5.74) is 0.108. The number of likely N-dealkylation sites (tertiary alicyclic amines) is 1. The van der Waals surface area contributed by atoms with Gasteiger partial charge in [0.05, 0.1) is 13.1 Å². The highest BCUT2D eigenvalue weighted by molar-refractivity contribution is 5.76. The van der Waals surface area contributed by atoms with Crippen LogP contribution in [-0.4, -0.2) is 35.7 Å². The van der Waals surface area contributed by atoms with Gasteiger partial charge in [-0.15, -0.1) is 0 Å². The highest BCUT2D eigenvalue weighted by Gasteiger charge is 2.42. The second-order valence-corrected chi connectivity index (χ2v) is 7.35. The molecule has 0 unspecified atom stereocenters. The molecule has 1 aliphatic heterocycles. The zero-order valence-electron chi connectivity index (χ0n) is 11.9. The maximum Gasteiger partial charge on any atom is 0.318 e. The van der Waals surface area contributed by atoms with Gasteiger partial charge in [0.1, 0.15) is 6.17 Å². The summed E-state index contributed by atoms with van der Waals surface area (Å²) < 4.78 is 12.8. The fraction of sp³-hybridized carbons (Fsp3) is 0.929. The monoisotopic (exact) mass is 256 g/mol. The molecule has 2 amide bonds. The quantitative estimate of drug-likeness (QED) is 0.768. The molecule has 2 atom stereocenters. The first-order valence-electron chi connectivity index (χ1n) is 6.90. The van der Waals surface area contributed by atoms with Gasteiger partial charge < -0.3 is 10.2 Å². The lowest BCUT2D eigenvalue weighted by atomic mass is 9.65. The van der Waals surface area contributed by atoms with Crippen molar-refractivity contribution in [3.05, 3.63) is 0 Å². The van der Waals surface area contributed by atoms with Crippen molar-refractivity contribution in [3.63, 3.8) is 0 Å². The molecule has 2 rings (SSSR count). The van der Waals surface area contributed by atoms with Crippen LogP contribution in [0.15, 0.2) is 0 Å². The summed E-state index contributed by atoms with van der Waals surface area (Å²) in [5.74, 6) is 0.615. The number of amides is 2. The summed E-state index contributed by atoms with van der Waals surface area (Å²) in [5, 5.41) is 3.12. The third-order valence-electron chi connectivity index (χ3n) is 4.10. The van der Waals surface area contributed by atoms with Crippen LogP contribution in [0.2, 0.25) is 0 Å². The maximum atomic E-state index is 12.8. The Morgan fingerprint density at radius 3 is 2.39 bits per heavy atom. The molecule has 1 aliphatic carbocycles. The molecule has 1 heterocycles. The molecule has 1 saturated heterocycles. The molecular weight excluding hydrogens is 231 g/mol. The normalized spacial score (nSPS) is 36.1. The summed E-state index contributed by atoms with van der Waals surface area (Å²) in [6.07, 6.45) is 2.37. The minimum atomic E-state index is -0.828. The number of hydrogen-bond donors (Lipinski definition) is 1. The van der Waals surface area contributed by atoms with Crippen LogP contribution in [0.4, 0.5) is 9.18 Å². The molecule has 18 heavy (non-hydrogen) atoms. The van der Waals surface area contributed by atoms with Gasteiger partial charge in [-0.2, -0.15) is 0 Å². The number of carbonyl (C=O) groups is 1. The predicted octanol–water partition coefficient (Wildman–Crippen LogP) is 2.95. The zero-order valence-corrected chi connectivity index (χ0v) is 11.9. The molecule has 0 bridgehead atoms. The zero-order chi connectivity index (χ0) is 13.6. The molecule has 0 aromatic carbocycles. The Kier molecular flexibility index (Phi) is 3.32. The summed E-state index contributed by atoms with van der Waals surface area (Å²) in [6.45, 7) is 9.38. The number of nitrogens with zero attached hydrogens (tertiary/aromatic N) is 1. The molecule has 1 saturated carbocycles. The Bertz CT molecular complexity index is 339. The highest BCUT2D eigenvalue weighted by Crippen LogP contribution is 2.43. The Balaban J connectivity index is 1.96. The van der Waals surface area contributed by atoms with Crippen LogP contribution in [0, 0.1) is 11.3 Å². The van der Waals surface area contributed by atoms with E-state index in [1.807, 2.05) is 0 Å². The number of rotatable bonds is 1. The van der Waals surface area contributed by atoms with Gasteiger partial charge in [-0.25, -0.2) is 9.18 Å². The second kappa shape index (κ2) is 4.39. The molecular formula is C14H25FN2O. The molecule has 0 spiro atoms. The lowest BCUT2D eigenvalue weighted by molar-refractivity contribution is 0.0639. The Hall–Kier alpha value is -0.800. The number of halogens is 1. The number of alkyl halides is 1. The van der Waals surface area contributed by atoms with E-state index in [1.54, 1.807) is 4.90 Å². The second-order valence-electron chi connectivity index (χ2n) is 7.35. The van der Waals surface area contributed by atoms with Crippen molar-refractivity contribution in [1.29, 1.82) is 0 Å². The Morgan fingerprint density at radius 1 is 1.28 bits per heavy atom. The summed E-state index contributed by atoms with van der Waals surface area (Å²) in [7, 11) is 0. The lowest BCUT2D eigenvalue weighted by Gasteiger charge is -2.47. The maximum absolute atomic E-state index is 12.8. The molecule has 104 valence electrons. The van der Waals surface area contributed by atoms with E-state index in [4.69, 9.17) is 0 Å². The molecule has 1 N–H and O–H groups in total. The van der Waals surface area contributed by atoms with Crippen LogP contribution >= 0.6 is 0 Å². The van der Waals surface area contributed by atoms with Gasteiger partial charge >= 0.3 is 6.03 Å². The number of carbonyl (C=O) groups excluding carboxylic acids is 1. The van der Waals surface area contributed by atoms with Gasteiger partial charge in [0, 0.05) is 5.54 Å². The van der Waals surface area contributed by atoms with Gasteiger partial charge in [-0.3, -0.25) is 0 Å². The van der Waals surface area contributed by atoms with Crippen LogP contribution < -0.4 is 5.32 Å². The molecule has 2 fully saturated rings. The topological polar surface area (TPSA) is 32.3 Å². The fourth-order valence-corrected chi connectivity index (χ4v) is 4.01. The highest BCUT2D eigenvalue weighted by atomic mass is 19.1. The van der Waals surface area contributed by atoms with E-state index < -0.39 is 6.17 Å². The lowest BCUT2D eigenvalue weighted by Crippen LogP contribution is -2.61. The Labute approximate surface area is 109 Å². The molecule has 4 heteroatoms. The van der Waals surface area contributed by atoms with Crippen LogP contribution in [0.3, 0.4) is 0 Å². The number of nitrogens with one attached hydrogen (secondary N) is 1. The van der Waals surface area contributed by atoms with Crippen molar-refractivity contribution < 1.29 is 9.18 Å². The summed E-state index contributed by atoms with van der Waals surface area (Å²) in [4.78, 5) is 13.6. The van der Waals surface area contributed by atoms with Gasteiger partial charge in [0.2, 0.25) is 0 Å². The standard InChI is InChI=1S/C14H25FN2O/c1-10-5-13(2,3)9-14(4,6-10)16-12(18)17-7-11(15)8-17/h10-11H,5-9H2,1-4H3,(H,16,18)/t10-,14-/m1/s1. The van der Waals surface area contributed by atoms with Gasteiger partial charge in [0.25, 0.3) is 0 Å². The largest absolute Gasteiger partial charge is 0.333 e. The van der Waals surface area contributed by atoms with Gasteiger partial charge in [-0.1, -0.05) is 20.8 Å². The van der Waals surface area contributed by atoms with Crippen molar-refractivity contribution in [2.45, 2.75) is 58.7 Å². The number of urea groups is 1. The molecule has 0 radical (unpaired) electrons. The summed E-state index contributed by atoms with van der Waals surface area (Å²) >= 11 is 0. The van der Waals surface area contributed by atoms with Crippen LogP contribution in [0.1, 0.15) is 47.0 Å². The van der Waals surface area contributed by atoms with Crippen molar-refractivity contribution in [3.8, 4) is 0 Å². The third-order valence-corrected chi connectivity index (χ3v) is 4.10. The van der Waals surface area contributed by atoms with E-state index in [-0.39, 0.29) is 30.1 Å². The van der Waals surface area contributed by atoms with Crippen LogP contribution in [0.5, 0.6) is 0 Å². The van der Waals surface area contributed by atoms with E-state index >= 15 is 0 Å². The van der Waals surface area contributed by atoms with Gasteiger partial charge in [-0.05, 0) is 37.5 Å². The third kappa shape index (κ3) is 2.96. The minimum Gasteiger partial charge on any atom is -0.333 e. The fourth-order valence-electron chi connectivity index (χ4n) is 4.01. The van der Waals surface area contributed by atoms with E-state index in [9.17, 15) is 9.18 Å². The molecule has 2 aliphatic rings. The molecule has 0 aromatic heterocycles. The first kappa shape index (κ1) is 13.6. The van der Waals surface area contributed by atoms with Crippen molar-refractivity contribution >= 4 is 6.03 Å². The first-order chi connectivity index (χ1) is 8.19. The van der Waals surface area contributed by atoms with Crippen LogP contribution in [-0.2, 0) is 0 Å². The first-order valence-corrected chi connectivity index (χ1v) is 6.90. The van der Waals surface area contributed by atoms with E-state index in [2.05, 4.69) is 33.0 Å². The van der Waals surface area contributed by atoms with Gasteiger partial charge in [0.15, 0.2) is 0 Å². The molecule has 0 aromatic rings. The van der Waals surface area contributed by atoms with Crippen molar-refractivity contribution in [2.24, 2.45) is 11.3 Å². The Morgan fingerprint density at radius 2 is 1.89 bits per heavy atom. The van der Waals surface area contributed by atoms with E-state index in [0.717, 1.165) is 12.8 Å². The predicted molar refractivity (Wildman–Crippen MR) is 70.2 cm³/mol. The smallest absolute Gasteiger partial charge is 0.318 e. The minimum absolute atomic E-state index is 0.101. The molecule has 3 nitrogen and oxygen atoms in total. The van der Waals surface area contributed by atoms with E-state index in [0.29, 0.717) is 5.92 Å². The van der Waals surface area contributed by atoms with Crippen LogP contribution in [0.25, 0.3) is 0 Å². The summed E-state index contributed by atoms with van der Waals surface area (Å²) in [6, 6.07) is -0.101. The average molecular weight is 256 g/mol.